The molecule has 1 aromatic heterocycles. The summed E-state index contributed by atoms with van der Waals surface area (Å²) in [6, 6.07) is 0.837. The van der Waals surface area contributed by atoms with Crippen molar-refractivity contribution < 1.29 is 0 Å². The van der Waals surface area contributed by atoms with Crippen LogP contribution >= 0.6 is 12.4 Å². The van der Waals surface area contributed by atoms with Gasteiger partial charge in [-0.05, 0) is 25.8 Å². The Morgan fingerprint density at radius 3 is 2.62 bits per heavy atom. The molecule has 0 aromatic carbocycles. The average Bonchev–Trinajstić information content (AvgIpc) is 2.59. The highest BCUT2D eigenvalue weighted by atomic mass is 35.5. The molecule has 1 aliphatic carbocycles. The zero-order chi connectivity index (χ0) is 8.72. The Morgan fingerprint density at radius 2 is 2.23 bits per heavy atom. The molecule has 2 N–H and O–H groups in total. The van der Waals surface area contributed by atoms with Crippen LogP contribution in [0.1, 0.15) is 37.8 Å². The average molecular weight is 202 g/mol. The van der Waals surface area contributed by atoms with E-state index in [-0.39, 0.29) is 12.4 Å². The predicted octanol–water partition coefficient (Wildman–Crippen LogP) is 1.70. The Balaban J connectivity index is 0.000000845. The molecule has 0 radical (unpaired) electrons. The van der Waals surface area contributed by atoms with Crippen LogP contribution < -0.4 is 5.73 Å². The summed E-state index contributed by atoms with van der Waals surface area (Å²) in [5.41, 5.74) is 7.05. The van der Waals surface area contributed by atoms with Crippen LogP contribution in [-0.4, -0.2) is 15.8 Å². The van der Waals surface area contributed by atoms with Gasteiger partial charge in [-0.25, -0.2) is 0 Å². The van der Waals surface area contributed by atoms with Crippen molar-refractivity contribution in [2.45, 2.75) is 38.3 Å². The third-order valence-electron chi connectivity index (χ3n) is 2.42. The summed E-state index contributed by atoms with van der Waals surface area (Å²) in [6.07, 6.45) is 5.18. The van der Waals surface area contributed by atoms with Gasteiger partial charge in [-0.2, -0.15) is 5.10 Å². The third kappa shape index (κ3) is 2.03. The fourth-order valence-corrected chi connectivity index (χ4v) is 1.42. The fraction of sp³-hybridized carbons (Fsp3) is 0.667. The van der Waals surface area contributed by atoms with Gasteiger partial charge in [-0.1, -0.05) is 0 Å². The van der Waals surface area contributed by atoms with Gasteiger partial charge in [0.15, 0.2) is 0 Å². The van der Waals surface area contributed by atoms with Crippen LogP contribution in [-0.2, 0) is 0 Å². The summed E-state index contributed by atoms with van der Waals surface area (Å²) >= 11 is 0. The third-order valence-corrected chi connectivity index (χ3v) is 2.42. The van der Waals surface area contributed by atoms with Crippen LogP contribution in [0.3, 0.4) is 0 Å². The van der Waals surface area contributed by atoms with Crippen LogP contribution in [0, 0.1) is 0 Å². The molecule has 0 bridgehead atoms. The van der Waals surface area contributed by atoms with Gasteiger partial charge in [0.1, 0.15) is 0 Å². The number of aromatic nitrogens is 2. The Kier molecular flexibility index (Phi) is 2.98. The minimum Gasteiger partial charge on any atom is -0.327 e. The molecule has 3 nitrogen and oxygen atoms in total. The van der Waals surface area contributed by atoms with Crippen molar-refractivity contribution in [1.29, 1.82) is 0 Å². The number of halogens is 1. The Hall–Kier alpha value is -0.540. The van der Waals surface area contributed by atoms with Crippen molar-refractivity contribution in [2.75, 3.05) is 0 Å². The van der Waals surface area contributed by atoms with Gasteiger partial charge >= 0.3 is 0 Å². The molecular formula is C9H16ClN3. The molecular weight excluding hydrogens is 186 g/mol. The van der Waals surface area contributed by atoms with Gasteiger partial charge in [0.2, 0.25) is 0 Å². The molecule has 1 saturated carbocycles. The minimum atomic E-state index is 0. The molecule has 0 aliphatic heterocycles. The predicted molar refractivity (Wildman–Crippen MR) is 55.2 cm³/mol. The van der Waals surface area contributed by atoms with E-state index in [1.165, 1.54) is 5.56 Å². The summed E-state index contributed by atoms with van der Waals surface area (Å²) in [7, 11) is 0. The largest absolute Gasteiger partial charge is 0.327 e. The second-order valence-electron chi connectivity index (χ2n) is 3.85. The standard InChI is InChI=1S/C9H15N3.ClH/c1-6(2)12-5-7(4-11-12)8-3-9(8)10;/h4-6,8-9H,3,10H2,1-2H3;1H. The first-order valence-corrected chi connectivity index (χ1v) is 4.48. The van der Waals surface area contributed by atoms with Crippen LogP contribution in [0.4, 0.5) is 0 Å². The highest BCUT2D eigenvalue weighted by Gasteiger charge is 2.35. The molecule has 13 heavy (non-hydrogen) atoms. The SMILES string of the molecule is CC(C)n1cc(C2CC2N)cn1.Cl. The number of hydrogen-bond acceptors (Lipinski definition) is 2. The molecule has 0 amide bonds. The summed E-state index contributed by atoms with van der Waals surface area (Å²) in [5.74, 6) is 0.581. The maximum atomic E-state index is 5.75. The molecule has 2 unspecified atom stereocenters. The van der Waals surface area contributed by atoms with E-state index in [1.54, 1.807) is 0 Å². The van der Waals surface area contributed by atoms with Crippen molar-refractivity contribution in [1.82, 2.24) is 9.78 Å². The van der Waals surface area contributed by atoms with Gasteiger partial charge in [0, 0.05) is 24.2 Å². The van der Waals surface area contributed by atoms with Crippen LogP contribution in [0.15, 0.2) is 12.4 Å². The monoisotopic (exact) mass is 201 g/mol. The van der Waals surface area contributed by atoms with Gasteiger partial charge in [-0.3, -0.25) is 4.68 Å². The number of nitrogens with two attached hydrogens (primary N) is 1. The van der Waals surface area contributed by atoms with E-state index < -0.39 is 0 Å². The van der Waals surface area contributed by atoms with Gasteiger partial charge in [-0.15, -0.1) is 12.4 Å². The molecule has 4 heteroatoms. The molecule has 74 valence electrons. The second-order valence-corrected chi connectivity index (χ2v) is 3.85. The fourth-order valence-electron chi connectivity index (χ4n) is 1.42. The van der Waals surface area contributed by atoms with Crippen LogP contribution in [0.25, 0.3) is 0 Å². The van der Waals surface area contributed by atoms with Gasteiger partial charge in [0.25, 0.3) is 0 Å². The molecule has 0 saturated heterocycles. The maximum Gasteiger partial charge on any atom is 0.0525 e. The van der Waals surface area contributed by atoms with Gasteiger partial charge in [0.05, 0.1) is 6.20 Å². The van der Waals surface area contributed by atoms with Gasteiger partial charge < -0.3 is 5.73 Å². The number of hydrogen-bond donors (Lipinski definition) is 1. The van der Waals surface area contributed by atoms with Crippen LogP contribution in [0.5, 0.6) is 0 Å². The quantitative estimate of drug-likeness (QED) is 0.792. The topological polar surface area (TPSA) is 43.8 Å². The molecule has 0 spiro atoms. The Labute approximate surface area is 84.7 Å². The molecule has 1 heterocycles. The first-order chi connectivity index (χ1) is 5.68. The molecule has 1 aromatic rings. The van der Waals surface area contributed by atoms with E-state index in [4.69, 9.17) is 5.73 Å². The van der Waals surface area contributed by atoms with E-state index in [0.717, 1.165) is 6.42 Å². The van der Waals surface area contributed by atoms with E-state index in [1.807, 2.05) is 10.9 Å². The lowest BCUT2D eigenvalue weighted by molar-refractivity contribution is 0.532. The van der Waals surface area contributed by atoms with Crippen LogP contribution in [0.2, 0.25) is 0 Å². The summed E-state index contributed by atoms with van der Waals surface area (Å²) in [5, 5.41) is 4.27. The number of nitrogens with zero attached hydrogens (tertiary/aromatic N) is 2. The van der Waals surface area contributed by atoms with E-state index in [9.17, 15) is 0 Å². The lowest BCUT2D eigenvalue weighted by Gasteiger charge is -2.02. The normalized spacial score (nSPS) is 25.8. The zero-order valence-corrected chi connectivity index (χ0v) is 8.79. The summed E-state index contributed by atoms with van der Waals surface area (Å²) in [4.78, 5) is 0. The molecule has 2 atom stereocenters. The summed E-state index contributed by atoms with van der Waals surface area (Å²) in [6.45, 7) is 4.26. The molecule has 1 fully saturated rings. The van der Waals surface area contributed by atoms with Crippen molar-refractivity contribution in [3.8, 4) is 0 Å². The van der Waals surface area contributed by atoms with E-state index in [0.29, 0.717) is 18.0 Å². The maximum absolute atomic E-state index is 5.75. The van der Waals surface area contributed by atoms with Crippen molar-refractivity contribution in [3.05, 3.63) is 18.0 Å². The number of rotatable bonds is 2. The van der Waals surface area contributed by atoms with Crippen molar-refractivity contribution >= 4 is 12.4 Å². The Morgan fingerprint density at radius 1 is 1.62 bits per heavy atom. The molecule has 2 rings (SSSR count). The highest BCUT2D eigenvalue weighted by Crippen LogP contribution is 2.38. The van der Waals surface area contributed by atoms with Crippen molar-refractivity contribution in [2.24, 2.45) is 5.73 Å². The molecule has 1 aliphatic rings. The first kappa shape index (κ1) is 10.5. The smallest absolute Gasteiger partial charge is 0.0525 e. The van der Waals surface area contributed by atoms with Crippen molar-refractivity contribution in [3.63, 3.8) is 0 Å². The summed E-state index contributed by atoms with van der Waals surface area (Å²) < 4.78 is 1.99. The zero-order valence-electron chi connectivity index (χ0n) is 7.97. The lowest BCUT2D eigenvalue weighted by atomic mass is 10.2. The minimum absolute atomic E-state index is 0. The lowest BCUT2D eigenvalue weighted by Crippen LogP contribution is -2.01. The first-order valence-electron chi connectivity index (χ1n) is 4.48. The van der Waals surface area contributed by atoms with E-state index >= 15 is 0 Å². The highest BCUT2D eigenvalue weighted by molar-refractivity contribution is 5.85. The Bertz CT molecular complexity index is 282. The van der Waals surface area contributed by atoms with E-state index in [2.05, 4.69) is 25.1 Å². The second kappa shape index (κ2) is 3.68.